The molecule has 0 saturated heterocycles. The zero-order chi connectivity index (χ0) is 17.8. The molecule has 3 aromatic rings. The van der Waals surface area contributed by atoms with Crippen molar-refractivity contribution >= 4 is 5.91 Å². The van der Waals surface area contributed by atoms with E-state index in [2.05, 4.69) is 10.4 Å². The molecule has 5 nitrogen and oxygen atoms in total. The number of aliphatic hydroxyl groups excluding tert-OH is 1. The van der Waals surface area contributed by atoms with Crippen molar-refractivity contribution in [3.05, 3.63) is 83.4 Å². The summed E-state index contributed by atoms with van der Waals surface area (Å²) in [5, 5.41) is 17.0. The van der Waals surface area contributed by atoms with Gasteiger partial charge in [0.25, 0.3) is 5.91 Å². The summed E-state index contributed by atoms with van der Waals surface area (Å²) >= 11 is 0. The molecule has 0 aliphatic carbocycles. The molecule has 6 heteroatoms. The van der Waals surface area contributed by atoms with Gasteiger partial charge >= 0.3 is 0 Å². The molecule has 0 saturated carbocycles. The minimum atomic E-state index is -0.915. The molecule has 1 unspecified atom stereocenters. The van der Waals surface area contributed by atoms with Gasteiger partial charge in [0.15, 0.2) is 5.69 Å². The van der Waals surface area contributed by atoms with E-state index >= 15 is 0 Å². The van der Waals surface area contributed by atoms with Gasteiger partial charge in [-0.1, -0.05) is 30.3 Å². The summed E-state index contributed by atoms with van der Waals surface area (Å²) < 4.78 is 14.6. The number of nitrogens with one attached hydrogen (secondary N) is 1. The number of para-hydroxylation sites is 1. The molecule has 0 bridgehead atoms. The molecule has 1 heterocycles. The van der Waals surface area contributed by atoms with Gasteiger partial charge in [-0.25, -0.2) is 9.07 Å². The standard InChI is InChI=1S/C19H18FN3O2/c1-13-11-17(22-23(13)16-5-3-2-4-6-16)19(25)21-12-18(24)14-7-9-15(20)10-8-14/h2-11,18,24H,12H2,1H3,(H,21,25). The maximum absolute atomic E-state index is 12.9. The maximum Gasteiger partial charge on any atom is 0.271 e. The minimum Gasteiger partial charge on any atom is -0.387 e. The Kier molecular flexibility index (Phi) is 4.90. The number of nitrogens with zero attached hydrogens (tertiary/aromatic N) is 2. The molecular weight excluding hydrogens is 321 g/mol. The molecule has 0 aliphatic rings. The molecule has 0 fully saturated rings. The van der Waals surface area contributed by atoms with Crippen molar-refractivity contribution in [2.75, 3.05) is 6.54 Å². The Morgan fingerprint density at radius 3 is 2.56 bits per heavy atom. The largest absolute Gasteiger partial charge is 0.387 e. The number of rotatable bonds is 5. The molecule has 2 N–H and O–H groups in total. The minimum absolute atomic E-state index is 0.0156. The number of aryl methyl sites for hydroxylation is 1. The first-order valence-electron chi connectivity index (χ1n) is 7.88. The summed E-state index contributed by atoms with van der Waals surface area (Å²) in [6.07, 6.45) is -0.915. The Morgan fingerprint density at radius 2 is 1.88 bits per heavy atom. The highest BCUT2D eigenvalue weighted by atomic mass is 19.1. The van der Waals surface area contributed by atoms with Crippen LogP contribution in [-0.4, -0.2) is 27.3 Å². The molecule has 2 aromatic carbocycles. The van der Waals surface area contributed by atoms with Gasteiger partial charge in [-0.15, -0.1) is 0 Å². The monoisotopic (exact) mass is 339 g/mol. The first-order valence-corrected chi connectivity index (χ1v) is 7.88. The van der Waals surface area contributed by atoms with Gasteiger partial charge in [0, 0.05) is 12.2 Å². The molecule has 1 amide bonds. The molecule has 0 radical (unpaired) electrons. The van der Waals surface area contributed by atoms with Gasteiger partial charge < -0.3 is 10.4 Å². The molecule has 128 valence electrons. The van der Waals surface area contributed by atoms with E-state index in [4.69, 9.17) is 0 Å². The van der Waals surface area contributed by atoms with Crippen LogP contribution >= 0.6 is 0 Å². The van der Waals surface area contributed by atoms with Gasteiger partial charge in [-0.2, -0.15) is 5.10 Å². The Hall–Kier alpha value is -2.99. The van der Waals surface area contributed by atoms with Crippen LogP contribution in [0.15, 0.2) is 60.7 Å². The molecule has 3 rings (SSSR count). The van der Waals surface area contributed by atoms with E-state index in [0.29, 0.717) is 5.56 Å². The fraction of sp³-hybridized carbons (Fsp3) is 0.158. The average molecular weight is 339 g/mol. The number of amides is 1. The third-order valence-corrected chi connectivity index (χ3v) is 3.83. The first-order chi connectivity index (χ1) is 12.0. The number of aromatic nitrogens is 2. The number of hydrogen-bond acceptors (Lipinski definition) is 3. The zero-order valence-electron chi connectivity index (χ0n) is 13.7. The topological polar surface area (TPSA) is 67.2 Å². The smallest absolute Gasteiger partial charge is 0.271 e. The van der Waals surface area contributed by atoms with Crippen LogP contribution in [0.2, 0.25) is 0 Å². The van der Waals surface area contributed by atoms with E-state index in [1.807, 2.05) is 37.3 Å². The number of carbonyl (C=O) groups is 1. The van der Waals surface area contributed by atoms with Crippen molar-refractivity contribution in [3.8, 4) is 5.69 Å². The summed E-state index contributed by atoms with van der Waals surface area (Å²) in [6.45, 7) is 1.88. The highest BCUT2D eigenvalue weighted by Gasteiger charge is 2.15. The van der Waals surface area contributed by atoms with E-state index in [0.717, 1.165) is 11.4 Å². The van der Waals surface area contributed by atoms with Crippen molar-refractivity contribution in [2.45, 2.75) is 13.0 Å². The van der Waals surface area contributed by atoms with E-state index in [-0.39, 0.29) is 24.0 Å². The summed E-state index contributed by atoms with van der Waals surface area (Å²) in [4.78, 5) is 12.3. The quantitative estimate of drug-likeness (QED) is 0.751. The van der Waals surface area contributed by atoms with Crippen LogP contribution in [0, 0.1) is 12.7 Å². The number of hydrogen-bond donors (Lipinski definition) is 2. The molecule has 0 aliphatic heterocycles. The Bertz CT molecular complexity index is 860. The predicted molar refractivity (Wildman–Crippen MR) is 92.0 cm³/mol. The zero-order valence-corrected chi connectivity index (χ0v) is 13.7. The maximum atomic E-state index is 12.9. The van der Waals surface area contributed by atoms with Crippen LogP contribution in [0.4, 0.5) is 4.39 Å². The van der Waals surface area contributed by atoms with Gasteiger partial charge in [0.1, 0.15) is 5.82 Å². The van der Waals surface area contributed by atoms with Crippen molar-refractivity contribution in [1.29, 1.82) is 0 Å². The molecule has 1 aromatic heterocycles. The Balaban J connectivity index is 1.67. The Morgan fingerprint density at radius 1 is 1.20 bits per heavy atom. The van der Waals surface area contributed by atoms with Crippen molar-refractivity contribution < 1.29 is 14.3 Å². The second-order valence-corrected chi connectivity index (χ2v) is 5.70. The number of aliphatic hydroxyl groups is 1. The van der Waals surface area contributed by atoms with Crippen LogP contribution in [0.5, 0.6) is 0 Å². The number of benzene rings is 2. The van der Waals surface area contributed by atoms with E-state index < -0.39 is 6.10 Å². The lowest BCUT2D eigenvalue weighted by Crippen LogP contribution is -2.28. The fourth-order valence-electron chi connectivity index (χ4n) is 2.50. The number of carbonyl (C=O) groups excluding carboxylic acids is 1. The third kappa shape index (κ3) is 3.92. The highest BCUT2D eigenvalue weighted by molar-refractivity contribution is 5.92. The molecule has 0 spiro atoms. The van der Waals surface area contributed by atoms with Gasteiger partial charge in [0.2, 0.25) is 0 Å². The van der Waals surface area contributed by atoms with Gasteiger partial charge in [-0.3, -0.25) is 4.79 Å². The van der Waals surface area contributed by atoms with Gasteiger partial charge in [0.05, 0.1) is 11.8 Å². The fourth-order valence-corrected chi connectivity index (χ4v) is 2.50. The van der Waals surface area contributed by atoms with Crippen molar-refractivity contribution in [2.24, 2.45) is 0 Å². The third-order valence-electron chi connectivity index (χ3n) is 3.83. The molecular formula is C19H18FN3O2. The van der Waals surface area contributed by atoms with Crippen LogP contribution in [-0.2, 0) is 0 Å². The van der Waals surface area contributed by atoms with Gasteiger partial charge in [-0.05, 0) is 42.8 Å². The molecule has 25 heavy (non-hydrogen) atoms. The van der Waals surface area contributed by atoms with E-state index in [1.165, 1.54) is 24.3 Å². The first kappa shape index (κ1) is 16.9. The van der Waals surface area contributed by atoms with E-state index in [9.17, 15) is 14.3 Å². The number of halogens is 1. The lowest BCUT2D eigenvalue weighted by Gasteiger charge is -2.11. The van der Waals surface area contributed by atoms with Crippen LogP contribution in [0.25, 0.3) is 5.69 Å². The second-order valence-electron chi connectivity index (χ2n) is 5.70. The lowest BCUT2D eigenvalue weighted by molar-refractivity contribution is 0.0911. The average Bonchev–Trinajstić information content (AvgIpc) is 3.02. The SMILES string of the molecule is Cc1cc(C(=O)NCC(O)c2ccc(F)cc2)nn1-c1ccccc1. The summed E-state index contributed by atoms with van der Waals surface area (Å²) in [5.41, 5.74) is 2.50. The van der Waals surface area contributed by atoms with Crippen LogP contribution in [0.1, 0.15) is 27.8 Å². The summed E-state index contributed by atoms with van der Waals surface area (Å²) in [5.74, 6) is -0.749. The van der Waals surface area contributed by atoms with E-state index in [1.54, 1.807) is 10.7 Å². The van der Waals surface area contributed by atoms with Crippen molar-refractivity contribution in [3.63, 3.8) is 0 Å². The second kappa shape index (κ2) is 7.27. The highest BCUT2D eigenvalue weighted by Crippen LogP contribution is 2.14. The summed E-state index contributed by atoms with van der Waals surface area (Å²) in [6, 6.07) is 16.7. The molecule has 1 atom stereocenters. The van der Waals surface area contributed by atoms with Crippen LogP contribution in [0.3, 0.4) is 0 Å². The lowest BCUT2D eigenvalue weighted by atomic mass is 10.1. The predicted octanol–water partition coefficient (Wildman–Crippen LogP) is 2.78. The normalized spacial score (nSPS) is 12.0. The van der Waals surface area contributed by atoms with Crippen molar-refractivity contribution in [1.82, 2.24) is 15.1 Å². The summed E-state index contributed by atoms with van der Waals surface area (Å²) in [7, 11) is 0. The van der Waals surface area contributed by atoms with Crippen LogP contribution < -0.4 is 5.32 Å². The Labute approximate surface area is 144 Å².